The minimum Gasteiger partial charge on any atom is -0.308 e. The SMILES string of the molecule is CC(=O)N(c1ccccc1NS(=O)(=O)c1ccc(C)cc1C)C1CC1. The smallest absolute Gasteiger partial charge is 0.262 e. The monoisotopic (exact) mass is 358 g/mol. The predicted octanol–water partition coefficient (Wildman–Crippen LogP) is 3.62. The van der Waals surface area contributed by atoms with Crippen molar-refractivity contribution in [1.82, 2.24) is 0 Å². The summed E-state index contributed by atoms with van der Waals surface area (Å²) in [6, 6.07) is 12.4. The van der Waals surface area contributed by atoms with Gasteiger partial charge in [-0.15, -0.1) is 0 Å². The molecule has 1 aliphatic carbocycles. The van der Waals surface area contributed by atoms with Gasteiger partial charge in [0.15, 0.2) is 0 Å². The maximum atomic E-state index is 12.8. The molecule has 1 N–H and O–H groups in total. The minimum atomic E-state index is -3.74. The summed E-state index contributed by atoms with van der Waals surface area (Å²) in [6.07, 6.45) is 1.88. The lowest BCUT2D eigenvalue weighted by Crippen LogP contribution is -2.31. The molecule has 1 saturated carbocycles. The van der Waals surface area contributed by atoms with Gasteiger partial charge in [0.05, 0.1) is 16.3 Å². The molecule has 0 aliphatic heterocycles. The second-order valence-corrected chi connectivity index (χ2v) is 8.16. The lowest BCUT2D eigenvalue weighted by atomic mass is 10.2. The quantitative estimate of drug-likeness (QED) is 0.888. The number of anilines is 2. The van der Waals surface area contributed by atoms with Crippen LogP contribution in [0.3, 0.4) is 0 Å². The van der Waals surface area contributed by atoms with E-state index in [1.165, 1.54) is 6.92 Å². The fourth-order valence-corrected chi connectivity index (χ4v) is 4.33. The molecule has 0 aromatic heterocycles. The molecule has 25 heavy (non-hydrogen) atoms. The molecule has 2 aromatic rings. The number of sulfonamides is 1. The zero-order valence-corrected chi connectivity index (χ0v) is 15.4. The van der Waals surface area contributed by atoms with E-state index in [1.807, 2.05) is 19.1 Å². The summed E-state index contributed by atoms with van der Waals surface area (Å²) in [5.74, 6) is -0.0827. The molecule has 5 nitrogen and oxygen atoms in total. The highest BCUT2D eigenvalue weighted by molar-refractivity contribution is 7.92. The first-order chi connectivity index (χ1) is 11.8. The lowest BCUT2D eigenvalue weighted by molar-refractivity contribution is -0.116. The zero-order valence-electron chi connectivity index (χ0n) is 14.6. The highest BCUT2D eigenvalue weighted by Crippen LogP contribution is 2.36. The molecule has 0 heterocycles. The third kappa shape index (κ3) is 3.69. The largest absolute Gasteiger partial charge is 0.308 e. The van der Waals surface area contributed by atoms with E-state index >= 15 is 0 Å². The van der Waals surface area contributed by atoms with Crippen LogP contribution in [-0.4, -0.2) is 20.4 Å². The number of hydrogen-bond acceptors (Lipinski definition) is 3. The van der Waals surface area contributed by atoms with Crippen molar-refractivity contribution < 1.29 is 13.2 Å². The van der Waals surface area contributed by atoms with Crippen LogP contribution in [-0.2, 0) is 14.8 Å². The van der Waals surface area contributed by atoms with E-state index in [4.69, 9.17) is 0 Å². The Kier molecular flexibility index (Phi) is 4.56. The van der Waals surface area contributed by atoms with Gasteiger partial charge in [-0.2, -0.15) is 0 Å². The van der Waals surface area contributed by atoms with Gasteiger partial charge in [0, 0.05) is 13.0 Å². The first kappa shape index (κ1) is 17.5. The molecule has 1 fully saturated rings. The number of nitrogens with zero attached hydrogens (tertiary/aromatic N) is 1. The Morgan fingerprint density at radius 1 is 1.12 bits per heavy atom. The summed E-state index contributed by atoms with van der Waals surface area (Å²) < 4.78 is 28.4. The van der Waals surface area contributed by atoms with Crippen LogP contribution in [0, 0.1) is 13.8 Å². The average molecular weight is 358 g/mol. The number of para-hydroxylation sites is 2. The van der Waals surface area contributed by atoms with Crippen molar-refractivity contribution in [2.75, 3.05) is 9.62 Å². The van der Waals surface area contributed by atoms with E-state index in [0.29, 0.717) is 16.9 Å². The molecule has 0 saturated heterocycles. The number of nitrogens with one attached hydrogen (secondary N) is 1. The molecule has 0 atom stereocenters. The molecule has 2 aromatic carbocycles. The van der Waals surface area contributed by atoms with Crippen LogP contribution in [0.5, 0.6) is 0 Å². The van der Waals surface area contributed by atoms with Crippen molar-refractivity contribution in [3.63, 3.8) is 0 Å². The normalized spacial score (nSPS) is 14.2. The lowest BCUT2D eigenvalue weighted by Gasteiger charge is -2.24. The standard InChI is InChI=1S/C19H22N2O3S/c1-13-8-11-19(14(2)12-13)25(23,24)20-17-6-4-5-7-18(17)21(15(3)22)16-9-10-16/h4-8,11-12,16,20H,9-10H2,1-3H3. The van der Waals surface area contributed by atoms with Crippen LogP contribution in [0.4, 0.5) is 11.4 Å². The van der Waals surface area contributed by atoms with Crippen molar-refractivity contribution in [2.24, 2.45) is 0 Å². The molecule has 1 amide bonds. The fourth-order valence-electron chi connectivity index (χ4n) is 3.03. The van der Waals surface area contributed by atoms with Crippen LogP contribution < -0.4 is 9.62 Å². The first-order valence-corrected chi connectivity index (χ1v) is 9.77. The number of benzene rings is 2. The molecule has 0 unspecified atom stereocenters. The van der Waals surface area contributed by atoms with Gasteiger partial charge in [-0.05, 0) is 50.5 Å². The second-order valence-electron chi connectivity index (χ2n) is 6.51. The molecule has 0 spiro atoms. The van der Waals surface area contributed by atoms with Crippen LogP contribution >= 0.6 is 0 Å². The van der Waals surface area contributed by atoms with E-state index < -0.39 is 10.0 Å². The summed E-state index contributed by atoms with van der Waals surface area (Å²) in [5.41, 5.74) is 2.72. The summed E-state index contributed by atoms with van der Waals surface area (Å²) in [5, 5.41) is 0. The van der Waals surface area contributed by atoms with E-state index in [9.17, 15) is 13.2 Å². The summed E-state index contributed by atoms with van der Waals surface area (Å²) in [6.45, 7) is 5.21. The van der Waals surface area contributed by atoms with Crippen LogP contribution in [0.15, 0.2) is 47.4 Å². The number of amides is 1. The summed E-state index contributed by atoms with van der Waals surface area (Å²) >= 11 is 0. The second kappa shape index (κ2) is 6.52. The molecule has 6 heteroatoms. The van der Waals surface area contributed by atoms with Crippen LogP contribution in [0.1, 0.15) is 30.9 Å². The summed E-state index contributed by atoms with van der Waals surface area (Å²) in [4.78, 5) is 14.0. The van der Waals surface area contributed by atoms with Crippen LogP contribution in [0.2, 0.25) is 0 Å². The Balaban J connectivity index is 1.99. The van der Waals surface area contributed by atoms with Crippen molar-refractivity contribution >= 4 is 27.3 Å². The third-order valence-corrected chi connectivity index (χ3v) is 5.80. The van der Waals surface area contributed by atoms with E-state index in [1.54, 1.807) is 42.2 Å². The number of hydrogen-bond donors (Lipinski definition) is 1. The molecule has 3 rings (SSSR count). The van der Waals surface area contributed by atoms with E-state index in [-0.39, 0.29) is 16.8 Å². The Labute approximate surface area is 148 Å². The Hall–Kier alpha value is -2.34. The zero-order chi connectivity index (χ0) is 18.2. The number of carbonyl (C=O) groups excluding carboxylic acids is 1. The van der Waals surface area contributed by atoms with Gasteiger partial charge in [0.2, 0.25) is 5.91 Å². The van der Waals surface area contributed by atoms with Gasteiger partial charge >= 0.3 is 0 Å². The topological polar surface area (TPSA) is 66.5 Å². The average Bonchev–Trinajstić information content (AvgIpc) is 3.33. The Bertz CT molecular complexity index is 918. The molecule has 132 valence electrons. The van der Waals surface area contributed by atoms with Crippen molar-refractivity contribution in [3.8, 4) is 0 Å². The van der Waals surface area contributed by atoms with Crippen LogP contribution in [0.25, 0.3) is 0 Å². The number of aryl methyl sites for hydroxylation is 2. The highest BCUT2D eigenvalue weighted by Gasteiger charge is 2.33. The number of rotatable bonds is 5. The van der Waals surface area contributed by atoms with Crippen molar-refractivity contribution in [3.05, 3.63) is 53.6 Å². The van der Waals surface area contributed by atoms with Gasteiger partial charge < -0.3 is 4.90 Å². The predicted molar refractivity (Wildman–Crippen MR) is 99.3 cm³/mol. The molecular weight excluding hydrogens is 336 g/mol. The van der Waals surface area contributed by atoms with Gasteiger partial charge in [0.25, 0.3) is 10.0 Å². The Morgan fingerprint density at radius 2 is 1.80 bits per heavy atom. The third-order valence-electron chi connectivity index (χ3n) is 4.28. The molecular formula is C19H22N2O3S. The fraction of sp³-hybridized carbons (Fsp3) is 0.316. The summed E-state index contributed by atoms with van der Waals surface area (Å²) in [7, 11) is -3.74. The highest BCUT2D eigenvalue weighted by atomic mass is 32.2. The van der Waals surface area contributed by atoms with Gasteiger partial charge in [-0.3, -0.25) is 9.52 Å². The van der Waals surface area contributed by atoms with Gasteiger partial charge in [-0.25, -0.2) is 8.42 Å². The van der Waals surface area contributed by atoms with E-state index in [0.717, 1.165) is 18.4 Å². The number of carbonyl (C=O) groups is 1. The van der Waals surface area contributed by atoms with Crippen molar-refractivity contribution in [1.29, 1.82) is 0 Å². The molecule has 0 bridgehead atoms. The maximum absolute atomic E-state index is 12.8. The van der Waals surface area contributed by atoms with Gasteiger partial charge in [0.1, 0.15) is 0 Å². The first-order valence-electron chi connectivity index (χ1n) is 8.28. The molecule has 1 aliphatic rings. The molecule has 0 radical (unpaired) electrons. The van der Waals surface area contributed by atoms with Crippen molar-refractivity contribution in [2.45, 2.75) is 44.6 Å². The minimum absolute atomic E-state index is 0.0827. The van der Waals surface area contributed by atoms with Gasteiger partial charge in [-0.1, -0.05) is 29.8 Å². The maximum Gasteiger partial charge on any atom is 0.262 e. The Morgan fingerprint density at radius 3 is 2.40 bits per heavy atom. The van der Waals surface area contributed by atoms with E-state index in [2.05, 4.69) is 4.72 Å².